The van der Waals surface area contributed by atoms with E-state index >= 15 is 0 Å². The Bertz CT molecular complexity index is 2520. The zero-order valence-corrected chi connectivity index (χ0v) is 28.1. The highest BCUT2D eigenvalue weighted by atomic mass is 35.5. The largest absolute Gasteiger partial charge is 0.454 e. The van der Waals surface area contributed by atoms with Gasteiger partial charge in [0.15, 0.2) is 28.6 Å². The minimum absolute atomic E-state index is 0.638. The van der Waals surface area contributed by atoms with Crippen molar-refractivity contribution in [3.05, 3.63) is 151 Å². The van der Waals surface area contributed by atoms with Gasteiger partial charge in [-0.15, -0.1) is 0 Å². The average molecular weight is 690 g/mol. The Labute approximate surface area is 295 Å². The van der Waals surface area contributed by atoms with Crippen molar-refractivity contribution in [3.8, 4) is 34.1 Å². The van der Waals surface area contributed by atoms with E-state index in [2.05, 4.69) is 83.8 Å². The lowest BCUT2D eigenvalue weighted by Crippen LogP contribution is -2.13. The molecule has 0 N–H and O–H groups in total. The minimum Gasteiger partial charge on any atom is -0.454 e. The molecule has 1 aromatic heterocycles. The van der Waals surface area contributed by atoms with Gasteiger partial charge in [0.1, 0.15) is 5.58 Å². The molecule has 2 aliphatic heterocycles. The van der Waals surface area contributed by atoms with E-state index in [0.29, 0.717) is 28.0 Å². The van der Waals surface area contributed by atoms with Crippen molar-refractivity contribution in [1.29, 1.82) is 0 Å². The highest BCUT2D eigenvalue weighted by Gasteiger charge is 2.28. The Morgan fingerprint density at radius 1 is 0.490 bits per heavy atom. The summed E-state index contributed by atoms with van der Waals surface area (Å²) in [5, 5.41) is 2.76. The molecule has 0 saturated heterocycles. The van der Waals surface area contributed by atoms with Gasteiger partial charge < -0.3 is 18.8 Å². The monoisotopic (exact) mass is 689 g/mol. The fourth-order valence-corrected chi connectivity index (χ4v) is 9.04. The van der Waals surface area contributed by atoms with Gasteiger partial charge in [0.05, 0.1) is 11.4 Å². The Hall–Kier alpha value is -5.27. The quantitative estimate of drug-likeness (QED) is 0.183. The standard InChI is InChI=1S/C42H24ClNO3S2/c43-26-9-7-8-25(22-26)29-18-19-31-30-10-1-2-11-32(30)47-42(31)41(29)44(27-16-20-35-36(23-27)46-34-13-4-3-12-33(34)45-35)28-17-21-39-40(24-28)49-38-15-6-5-14-37(38)48-39/h1-24H. The SMILES string of the molecule is Clc1cccc(-c2ccc3c(oc4ccccc43)c2N(c2ccc3c(c2)Oc2ccccc2O3)c2ccc3c(c2)Sc2ccccc2S3)c1. The summed E-state index contributed by atoms with van der Waals surface area (Å²) < 4.78 is 19.5. The maximum Gasteiger partial charge on any atom is 0.172 e. The van der Waals surface area contributed by atoms with Gasteiger partial charge in [-0.2, -0.15) is 0 Å². The van der Waals surface area contributed by atoms with Gasteiger partial charge >= 0.3 is 0 Å². The Kier molecular flexibility index (Phi) is 6.69. The van der Waals surface area contributed by atoms with E-state index in [4.69, 9.17) is 25.5 Å². The second kappa shape index (κ2) is 11.4. The molecule has 0 bridgehead atoms. The van der Waals surface area contributed by atoms with Crippen LogP contribution in [0.1, 0.15) is 0 Å². The molecule has 0 aliphatic carbocycles. The van der Waals surface area contributed by atoms with Crippen LogP contribution in [-0.2, 0) is 0 Å². The number of nitrogens with zero attached hydrogens (tertiary/aromatic N) is 1. The summed E-state index contributed by atoms with van der Waals surface area (Å²) in [7, 11) is 0. The summed E-state index contributed by atoms with van der Waals surface area (Å²) in [6.45, 7) is 0. The minimum atomic E-state index is 0.638. The summed E-state index contributed by atoms with van der Waals surface area (Å²) >= 11 is 10.2. The molecule has 2 aliphatic rings. The molecule has 0 radical (unpaired) electrons. The van der Waals surface area contributed by atoms with Crippen LogP contribution in [0.5, 0.6) is 23.0 Å². The maximum atomic E-state index is 6.78. The topological polar surface area (TPSA) is 34.8 Å². The molecular weight excluding hydrogens is 666 g/mol. The highest BCUT2D eigenvalue weighted by molar-refractivity contribution is 8.05. The molecule has 0 amide bonds. The Morgan fingerprint density at radius 3 is 2.00 bits per heavy atom. The van der Waals surface area contributed by atoms with E-state index in [1.54, 1.807) is 23.5 Å². The molecule has 0 spiro atoms. The first kappa shape index (κ1) is 28.7. The molecule has 7 heteroatoms. The van der Waals surface area contributed by atoms with Gasteiger partial charge in [0, 0.05) is 52.7 Å². The third-order valence-electron chi connectivity index (χ3n) is 8.83. The second-order valence-electron chi connectivity index (χ2n) is 11.8. The number of ether oxygens (including phenoxy) is 2. The van der Waals surface area contributed by atoms with Crippen LogP contribution in [-0.4, -0.2) is 0 Å². The lowest BCUT2D eigenvalue weighted by Gasteiger charge is -2.30. The summed E-state index contributed by atoms with van der Waals surface area (Å²) in [4.78, 5) is 7.21. The van der Waals surface area contributed by atoms with Crippen LogP contribution >= 0.6 is 35.1 Å². The molecule has 7 aromatic carbocycles. The van der Waals surface area contributed by atoms with Crippen molar-refractivity contribution in [2.75, 3.05) is 4.90 Å². The van der Waals surface area contributed by atoms with Gasteiger partial charge in [0.25, 0.3) is 0 Å². The predicted octanol–water partition coefficient (Wildman–Crippen LogP) is 13.9. The van der Waals surface area contributed by atoms with Crippen LogP contribution in [0.15, 0.2) is 170 Å². The van der Waals surface area contributed by atoms with Crippen molar-refractivity contribution in [2.45, 2.75) is 19.6 Å². The highest BCUT2D eigenvalue weighted by Crippen LogP contribution is 2.54. The normalized spacial score (nSPS) is 12.8. The number of furan rings is 1. The Balaban J connectivity index is 1.24. The van der Waals surface area contributed by atoms with Crippen molar-refractivity contribution < 1.29 is 13.9 Å². The molecule has 4 nitrogen and oxygen atoms in total. The third kappa shape index (κ3) is 4.86. The van der Waals surface area contributed by atoms with Gasteiger partial charge in [0.2, 0.25) is 0 Å². The first-order valence-electron chi connectivity index (χ1n) is 15.8. The number of hydrogen-bond donors (Lipinski definition) is 0. The predicted molar refractivity (Wildman–Crippen MR) is 200 cm³/mol. The number of para-hydroxylation sites is 3. The van der Waals surface area contributed by atoms with Crippen LogP contribution in [0, 0.1) is 0 Å². The number of fused-ring (bicyclic) bond motifs is 7. The molecule has 234 valence electrons. The van der Waals surface area contributed by atoms with Gasteiger partial charge in [-0.1, -0.05) is 95.8 Å². The fourth-order valence-electron chi connectivity index (χ4n) is 6.60. The third-order valence-corrected chi connectivity index (χ3v) is 11.6. The van der Waals surface area contributed by atoms with Crippen molar-refractivity contribution in [1.82, 2.24) is 0 Å². The molecular formula is C42H24ClNO3S2. The number of benzene rings is 7. The zero-order chi connectivity index (χ0) is 32.5. The second-order valence-corrected chi connectivity index (χ2v) is 14.5. The van der Waals surface area contributed by atoms with E-state index in [-0.39, 0.29) is 0 Å². The van der Waals surface area contributed by atoms with E-state index in [0.717, 1.165) is 50.1 Å². The first-order chi connectivity index (χ1) is 24.2. The summed E-state index contributed by atoms with van der Waals surface area (Å²) in [6, 6.07) is 49.6. The lowest BCUT2D eigenvalue weighted by atomic mass is 9.99. The fraction of sp³-hybridized carbons (Fsp3) is 0. The molecule has 0 saturated carbocycles. The number of anilines is 3. The first-order valence-corrected chi connectivity index (χ1v) is 17.9. The van der Waals surface area contributed by atoms with Crippen LogP contribution in [0.2, 0.25) is 5.02 Å². The van der Waals surface area contributed by atoms with E-state index in [1.807, 2.05) is 66.7 Å². The summed E-state index contributed by atoms with van der Waals surface area (Å²) in [5.74, 6) is 2.67. The summed E-state index contributed by atoms with van der Waals surface area (Å²) in [6.07, 6.45) is 0. The molecule has 0 unspecified atom stereocenters. The summed E-state index contributed by atoms with van der Waals surface area (Å²) in [5.41, 5.74) is 6.37. The molecule has 0 atom stereocenters. The molecule has 10 rings (SSSR count). The van der Waals surface area contributed by atoms with Crippen molar-refractivity contribution in [3.63, 3.8) is 0 Å². The van der Waals surface area contributed by atoms with Crippen molar-refractivity contribution >= 4 is 74.1 Å². The lowest BCUT2D eigenvalue weighted by molar-refractivity contribution is 0.360. The van der Waals surface area contributed by atoms with E-state index in [1.165, 1.54) is 19.6 Å². The van der Waals surface area contributed by atoms with Crippen LogP contribution < -0.4 is 14.4 Å². The molecule has 0 fully saturated rings. The molecule has 3 heterocycles. The average Bonchev–Trinajstić information content (AvgIpc) is 3.52. The van der Waals surface area contributed by atoms with Gasteiger partial charge in [-0.3, -0.25) is 0 Å². The van der Waals surface area contributed by atoms with Crippen LogP contribution in [0.4, 0.5) is 17.1 Å². The number of hydrogen-bond acceptors (Lipinski definition) is 6. The van der Waals surface area contributed by atoms with E-state index < -0.39 is 0 Å². The van der Waals surface area contributed by atoms with Crippen molar-refractivity contribution in [2.24, 2.45) is 0 Å². The van der Waals surface area contributed by atoms with Crippen LogP contribution in [0.25, 0.3) is 33.1 Å². The number of rotatable bonds is 4. The zero-order valence-electron chi connectivity index (χ0n) is 25.7. The number of halogens is 1. The van der Waals surface area contributed by atoms with Crippen LogP contribution in [0.3, 0.4) is 0 Å². The van der Waals surface area contributed by atoms with Gasteiger partial charge in [-0.05, 0) is 84.4 Å². The Morgan fingerprint density at radius 2 is 1.16 bits per heavy atom. The smallest absolute Gasteiger partial charge is 0.172 e. The van der Waals surface area contributed by atoms with E-state index in [9.17, 15) is 0 Å². The molecule has 49 heavy (non-hydrogen) atoms. The molecule has 8 aromatic rings. The van der Waals surface area contributed by atoms with Gasteiger partial charge in [-0.25, -0.2) is 0 Å². The maximum absolute atomic E-state index is 6.78.